The van der Waals surface area contributed by atoms with Crippen LogP contribution in [0.15, 0.2) is 10.9 Å². The molecule has 1 aromatic rings. The fourth-order valence-electron chi connectivity index (χ4n) is 1.31. The molecule has 0 saturated heterocycles. The van der Waals surface area contributed by atoms with Crippen LogP contribution in [0.5, 0.6) is 0 Å². The quantitative estimate of drug-likeness (QED) is 0.682. The van der Waals surface area contributed by atoms with Crippen LogP contribution in [0.25, 0.3) is 0 Å². The molecule has 1 aromatic heterocycles. The minimum Gasteiger partial charge on any atom is -0.481 e. The van der Waals surface area contributed by atoms with Gasteiger partial charge in [-0.05, 0) is 6.92 Å². The number of rotatable bonds is 5. The smallest absolute Gasteiger partial charge is 0.305 e. The summed E-state index contributed by atoms with van der Waals surface area (Å²) in [7, 11) is 0. The van der Waals surface area contributed by atoms with E-state index in [9.17, 15) is 9.59 Å². The van der Waals surface area contributed by atoms with E-state index in [1.165, 1.54) is 6.07 Å². The van der Waals surface area contributed by atoms with E-state index in [-0.39, 0.29) is 18.0 Å². The maximum absolute atomic E-state index is 11.2. The van der Waals surface area contributed by atoms with Crippen LogP contribution < -0.4 is 10.9 Å². The molecule has 1 rings (SSSR count). The van der Waals surface area contributed by atoms with Gasteiger partial charge in [0, 0.05) is 18.5 Å². The zero-order valence-electron chi connectivity index (χ0n) is 9.28. The second kappa shape index (κ2) is 5.29. The van der Waals surface area contributed by atoms with Crippen LogP contribution in [0.4, 0.5) is 5.82 Å². The maximum Gasteiger partial charge on any atom is 0.305 e. The molecule has 0 bridgehead atoms. The monoisotopic (exact) mass is 225 g/mol. The van der Waals surface area contributed by atoms with E-state index in [1.54, 1.807) is 6.92 Å². The maximum atomic E-state index is 11.2. The van der Waals surface area contributed by atoms with Gasteiger partial charge in [0.15, 0.2) is 0 Å². The standard InChI is InChI=1S/C10H15N3O3/c1-3-7-12-8(5-9(14)13-7)11-6(2)4-10(15)16/h5-6H,3-4H2,1-2H3,(H,15,16)(H2,11,12,13,14). The second-order valence-electron chi connectivity index (χ2n) is 3.57. The summed E-state index contributed by atoms with van der Waals surface area (Å²) in [5, 5.41) is 11.5. The van der Waals surface area contributed by atoms with E-state index in [0.717, 1.165) is 0 Å². The van der Waals surface area contributed by atoms with Crippen molar-refractivity contribution in [1.82, 2.24) is 9.97 Å². The third-order valence-corrected chi connectivity index (χ3v) is 2.00. The molecule has 0 aliphatic rings. The van der Waals surface area contributed by atoms with Crippen LogP contribution in [-0.4, -0.2) is 27.1 Å². The van der Waals surface area contributed by atoms with E-state index in [4.69, 9.17) is 5.11 Å². The summed E-state index contributed by atoms with van der Waals surface area (Å²) in [4.78, 5) is 28.4. The molecule has 0 amide bonds. The average molecular weight is 225 g/mol. The van der Waals surface area contributed by atoms with Crippen LogP contribution in [0.2, 0.25) is 0 Å². The summed E-state index contributed by atoms with van der Waals surface area (Å²) in [5.74, 6) is 0.104. The minimum atomic E-state index is -0.888. The van der Waals surface area contributed by atoms with Crippen LogP contribution in [-0.2, 0) is 11.2 Å². The summed E-state index contributed by atoms with van der Waals surface area (Å²) in [6.07, 6.45) is 0.605. The first-order valence-corrected chi connectivity index (χ1v) is 5.09. The van der Waals surface area contributed by atoms with Crippen LogP contribution >= 0.6 is 0 Å². The third-order valence-electron chi connectivity index (χ3n) is 2.00. The highest BCUT2D eigenvalue weighted by Gasteiger charge is 2.08. The number of anilines is 1. The molecule has 6 nitrogen and oxygen atoms in total. The van der Waals surface area contributed by atoms with Gasteiger partial charge in [-0.3, -0.25) is 9.59 Å². The van der Waals surface area contributed by atoms with E-state index in [2.05, 4.69) is 15.3 Å². The van der Waals surface area contributed by atoms with Gasteiger partial charge in [0.25, 0.3) is 5.56 Å². The van der Waals surface area contributed by atoms with Crippen molar-refractivity contribution in [2.45, 2.75) is 32.7 Å². The van der Waals surface area contributed by atoms with Crippen LogP contribution in [0, 0.1) is 0 Å². The highest BCUT2D eigenvalue weighted by molar-refractivity contribution is 5.68. The van der Waals surface area contributed by atoms with E-state index < -0.39 is 5.97 Å². The highest BCUT2D eigenvalue weighted by atomic mass is 16.4. The van der Waals surface area contributed by atoms with E-state index in [0.29, 0.717) is 18.1 Å². The first-order valence-electron chi connectivity index (χ1n) is 5.09. The van der Waals surface area contributed by atoms with Crippen molar-refractivity contribution in [3.63, 3.8) is 0 Å². The Hall–Kier alpha value is -1.85. The predicted octanol–water partition coefficient (Wildman–Crippen LogP) is 0.607. The molecular weight excluding hydrogens is 210 g/mol. The molecule has 0 radical (unpaired) electrons. The number of carboxylic acid groups (broad SMARTS) is 1. The van der Waals surface area contributed by atoms with Gasteiger partial charge >= 0.3 is 5.97 Å². The topological polar surface area (TPSA) is 95.1 Å². The fourth-order valence-corrected chi connectivity index (χ4v) is 1.31. The van der Waals surface area contributed by atoms with Gasteiger partial charge in [-0.25, -0.2) is 4.98 Å². The number of aromatic amines is 1. The Morgan fingerprint density at radius 3 is 2.94 bits per heavy atom. The van der Waals surface area contributed by atoms with E-state index in [1.807, 2.05) is 6.92 Å². The number of hydrogen-bond donors (Lipinski definition) is 3. The molecule has 1 atom stereocenters. The summed E-state index contributed by atoms with van der Waals surface area (Å²) in [5.41, 5.74) is -0.239. The van der Waals surface area contributed by atoms with Crippen molar-refractivity contribution >= 4 is 11.8 Å². The Labute approximate surface area is 92.7 Å². The molecule has 6 heteroatoms. The number of aliphatic carboxylic acids is 1. The Morgan fingerprint density at radius 2 is 2.38 bits per heavy atom. The lowest BCUT2D eigenvalue weighted by molar-refractivity contribution is -0.137. The van der Waals surface area contributed by atoms with Gasteiger partial charge in [0.05, 0.1) is 6.42 Å². The van der Waals surface area contributed by atoms with Crippen LogP contribution in [0.1, 0.15) is 26.1 Å². The van der Waals surface area contributed by atoms with Crippen molar-refractivity contribution < 1.29 is 9.90 Å². The summed E-state index contributed by atoms with van der Waals surface area (Å²) >= 11 is 0. The molecular formula is C10H15N3O3. The zero-order chi connectivity index (χ0) is 12.1. The normalized spacial score (nSPS) is 12.1. The molecule has 3 N–H and O–H groups in total. The first kappa shape index (κ1) is 12.2. The lowest BCUT2D eigenvalue weighted by Gasteiger charge is -2.12. The minimum absolute atomic E-state index is 0.0179. The fraction of sp³-hybridized carbons (Fsp3) is 0.500. The number of aromatic nitrogens is 2. The molecule has 0 aromatic carbocycles. The Bertz CT molecular complexity index is 428. The molecule has 0 aliphatic heterocycles. The van der Waals surface area contributed by atoms with Gasteiger partial charge in [-0.15, -0.1) is 0 Å². The Balaban J connectivity index is 2.76. The molecule has 88 valence electrons. The van der Waals surface area contributed by atoms with Crippen molar-refractivity contribution in [2.24, 2.45) is 0 Å². The Morgan fingerprint density at radius 1 is 1.69 bits per heavy atom. The van der Waals surface area contributed by atoms with Crippen molar-refractivity contribution in [3.05, 3.63) is 22.2 Å². The summed E-state index contributed by atoms with van der Waals surface area (Å²) < 4.78 is 0. The number of H-pyrrole nitrogens is 1. The highest BCUT2D eigenvalue weighted by Crippen LogP contribution is 2.04. The molecule has 0 fully saturated rings. The number of hydrogen-bond acceptors (Lipinski definition) is 4. The second-order valence-corrected chi connectivity index (χ2v) is 3.57. The van der Waals surface area contributed by atoms with Gasteiger partial charge in [0.2, 0.25) is 0 Å². The SMILES string of the molecule is CCc1nc(NC(C)CC(=O)O)cc(=O)[nH]1. The van der Waals surface area contributed by atoms with Crippen molar-refractivity contribution in [2.75, 3.05) is 5.32 Å². The number of carbonyl (C=O) groups is 1. The lowest BCUT2D eigenvalue weighted by Crippen LogP contribution is -2.22. The van der Waals surface area contributed by atoms with Crippen molar-refractivity contribution in [3.8, 4) is 0 Å². The van der Waals surface area contributed by atoms with Gasteiger partial charge in [-0.1, -0.05) is 6.92 Å². The van der Waals surface area contributed by atoms with Gasteiger partial charge in [-0.2, -0.15) is 0 Å². The third kappa shape index (κ3) is 3.72. The molecule has 0 aliphatic carbocycles. The summed E-state index contributed by atoms with van der Waals surface area (Å²) in [6, 6.07) is 1.05. The van der Waals surface area contributed by atoms with Gasteiger partial charge < -0.3 is 15.4 Å². The molecule has 1 unspecified atom stereocenters. The predicted molar refractivity (Wildman–Crippen MR) is 59.6 cm³/mol. The number of nitrogens with zero attached hydrogens (tertiary/aromatic N) is 1. The zero-order valence-corrected chi connectivity index (χ0v) is 9.28. The number of aryl methyl sites for hydroxylation is 1. The molecule has 16 heavy (non-hydrogen) atoms. The summed E-state index contributed by atoms with van der Waals surface area (Å²) in [6.45, 7) is 3.60. The van der Waals surface area contributed by atoms with Crippen molar-refractivity contribution in [1.29, 1.82) is 0 Å². The average Bonchev–Trinajstić information content (AvgIpc) is 2.14. The number of nitrogens with one attached hydrogen (secondary N) is 2. The number of carboxylic acids is 1. The molecule has 0 saturated carbocycles. The lowest BCUT2D eigenvalue weighted by atomic mass is 10.2. The Kier molecular flexibility index (Phi) is 4.04. The largest absolute Gasteiger partial charge is 0.481 e. The van der Waals surface area contributed by atoms with Crippen LogP contribution in [0.3, 0.4) is 0 Å². The molecule has 0 spiro atoms. The molecule has 1 heterocycles. The van der Waals surface area contributed by atoms with Gasteiger partial charge in [0.1, 0.15) is 11.6 Å². The van der Waals surface area contributed by atoms with E-state index >= 15 is 0 Å². The first-order chi connectivity index (χ1) is 7.51.